The number of pyridine rings is 4. The Morgan fingerprint density at radius 3 is 1.50 bits per heavy atom. The van der Waals surface area contributed by atoms with Gasteiger partial charge in [-0.3, -0.25) is 18.4 Å². The number of hydroxylamine groups is 1. The number of anilines is 2. The van der Waals surface area contributed by atoms with Crippen molar-refractivity contribution >= 4 is 78.7 Å². The summed E-state index contributed by atoms with van der Waals surface area (Å²) in [5.74, 6) is 1.14. The number of benzene rings is 2. The Morgan fingerprint density at radius 1 is 0.650 bits per heavy atom. The summed E-state index contributed by atoms with van der Waals surface area (Å²) in [5.41, 5.74) is 15.7. The molecular formula is C46H52N10O4. The van der Waals surface area contributed by atoms with E-state index in [4.69, 9.17) is 14.8 Å². The van der Waals surface area contributed by atoms with Crippen LogP contribution in [-0.2, 0) is 4.84 Å². The molecule has 6 aromatic heterocycles. The maximum Gasteiger partial charge on any atom is 0.339 e. The smallest absolute Gasteiger partial charge is 0.339 e. The highest BCUT2D eigenvalue weighted by Gasteiger charge is 2.27. The first-order valence-electron chi connectivity index (χ1n) is 20.6. The number of hydrogen-bond acceptors (Lipinski definition) is 10. The summed E-state index contributed by atoms with van der Waals surface area (Å²) in [6, 6.07) is 23.3. The number of nitrogens with zero attached hydrogens (tertiary/aromatic N) is 8. The first-order chi connectivity index (χ1) is 29.1. The summed E-state index contributed by atoms with van der Waals surface area (Å²) in [4.78, 5) is 53.2. The van der Waals surface area contributed by atoms with E-state index in [0.29, 0.717) is 40.5 Å². The van der Waals surface area contributed by atoms with Crippen LogP contribution in [0.25, 0.3) is 55.4 Å². The van der Waals surface area contributed by atoms with E-state index in [1.54, 1.807) is 6.07 Å². The van der Waals surface area contributed by atoms with Crippen molar-refractivity contribution in [1.82, 2.24) is 34.2 Å². The average Bonchev–Trinajstić information content (AvgIpc) is 3.83. The lowest BCUT2D eigenvalue weighted by atomic mass is 9.91. The standard InChI is InChI=1S/C23H25N5O2.C22H22N4O2.CH5N/c1-14-10-15(2)13-27(12-14)19-8-9-24-21-16(19)11-17(23(29)26-30-3)22-25-18-6-4-5-7-20(18)28(21)22;1-13-9-14(2)12-25(11-13)18-7-8-23-20-15(18)10-16(22(27)28)21-24-17-5-3-4-6-19(17)26(20)21;1-2/h4-9,11,14-15H,10,12-13H2,1-3H3,(H,26,29);3-8,10,13-14H,9,11-12H2,1-2H3,(H,27,28);2H2,1H3/t14-,15+;13-,14+;. The second-order valence-corrected chi connectivity index (χ2v) is 16.4. The number of aromatic carboxylic acids is 1. The number of carboxylic acids is 1. The minimum atomic E-state index is -0.975. The van der Waals surface area contributed by atoms with Gasteiger partial charge < -0.3 is 20.6 Å². The van der Waals surface area contributed by atoms with E-state index < -0.39 is 5.97 Å². The predicted octanol–water partition coefficient (Wildman–Crippen LogP) is 7.60. The molecule has 2 aliphatic rings. The maximum atomic E-state index is 12.8. The number of fused-ring (bicyclic) bond motifs is 10. The normalized spacial score (nSPS) is 19.4. The number of nitrogens with two attached hydrogens (primary N) is 1. The molecule has 4 N–H and O–H groups in total. The number of carboxylic acid groups (broad SMARTS) is 1. The molecule has 8 heterocycles. The van der Waals surface area contributed by atoms with Gasteiger partial charge in [-0.2, -0.15) is 0 Å². The summed E-state index contributed by atoms with van der Waals surface area (Å²) in [7, 11) is 2.93. The summed E-state index contributed by atoms with van der Waals surface area (Å²) >= 11 is 0. The molecule has 60 heavy (non-hydrogen) atoms. The van der Waals surface area contributed by atoms with Gasteiger partial charge in [-0.1, -0.05) is 52.0 Å². The second-order valence-electron chi connectivity index (χ2n) is 16.4. The van der Waals surface area contributed by atoms with Crippen LogP contribution < -0.4 is 21.0 Å². The van der Waals surface area contributed by atoms with Crippen LogP contribution in [0.5, 0.6) is 0 Å². The molecule has 2 fully saturated rings. The van der Waals surface area contributed by atoms with Crippen molar-refractivity contribution in [3.63, 3.8) is 0 Å². The molecule has 2 saturated heterocycles. The molecule has 0 bridgehead atoms. The number of nitrogens with one attached hydrogen (secondary N) is 1. The van der Waals surface area contributed by atoms with Crippen molar-refractivity contribution in [2.75, 3.05) is 50.1 Å². The predicted molar refractivity (Wildman–Crippen MR) is 238 cm³/mol. The van der Waals surface area contributed by atoms with Crippen LogP contribution in [0.3, 0.4) is 0 Å². The van der Waals surface area contributed by atoms with Gasteiger partial charge in [0.1, 0.15) is 16.9 Å². The molecule has 10 rings (SSSR count). The average molecular weight is 809 g/mol. The first kappa shape index (κ1) is 40.4. The molecule has 2 aromatic carbocycles. The topological polar surface area (TPSA) is 169 Å². The lowest BCUT2D eigenvalue weighted by Gasteiger charge is -2.37. The zero-order valence-corrected chi connectivity index (χ0v) is 35.0. The zero-order chi connectivity index (χ0) is 42.2. The number of piperidine rings is 2. The van der Waals surface area contributed by atoms with Gasteiger partial charge >= 0.3 is 5.97 Å². The molecule has 4 atom stereocenters. The summed E-state index contributed by atoms with van der Waals surface area (Å²) in [6.07, 6.45) is 6.12. The lowest BCUT2D eigenvalue weighted by molar-refractivity contribution is 0.0538. The minimum Gasteiger partial charge on any atom is -0.478 e. The molecule has 0 spiro atoms. The van der Waals surface area contributed by atoms with Crippen LogP contribution >= 0.6 is 0 Å². The molecule has 0 saturated carbocycles. The van der Waals surface area contributed by atoms with Crippen LogP contribution in [0.4, 0.5) is 11.4 Å². The maximum absolute atomic E-state index is 12.8. The van der Waals surface area contributed by atoms with E-state index in [-0.39, 0.29) is 11.5 Å². The third kappa shape index (κ3) is 7.30. The van der Waals surface area contributed by atoms with E-state index in [1.165, 1.54) is 27.0 Å². The zero-order valence-electron chi connectivity index (χ0n) is 35.0. The van der Waals surface area contributed by atoms with E-state index >= 15 is 0 Å². The molecule has 310 valence electrons. The van der Waals surface area contributed by atoms with Crippen LogP contribution in [0, 0.1) is 23.7 Å². The Kier molecular flexibility index (Phi) is 11.2. The minimum absolute atomic E-state index is 0.205. The number of hydrogen-bond donors (Lipinski definition) is 3. The number of carbonyl (C=O) groups excluding carboxylic acids is 1. The Bertz CT molecular complexity index is 2870. The molecule has 8 aromatic rings. The molecule has 14 nitrogen and oxygen atoms in total. The number of imidazole rings is 2. The lowest BCUT2D eigenvalue weighted by Crippen LogP contribution is -2.38. The van der Waals surface area contributed by atoms with Crippen LogP contribution in [0.2, 0.25) is 0 Å². The van der Waals surface area contributed by atoms with Crippen molar-refractivity contribution < 1.29 is 19.5 Å². The number of aromatic nitrogens is 6. The van der Waals surface area contributed by atoms with Gasteiger partial charge in [0.2, 0.25) is 0 Å². The van der Waals surface area contributed by atoms with Crippen molar-refractivity contribution in [1.29, 1.82) is 0 Å². The Hall–Kier alpha value is -6.38. The van der Waals surface area contributed by atoms with E-state index in [0.717, 1.165) is 81.7 Å². The number of amides is 1. The second kappa shape index (κ2) is 16.7. The van der Waals surface area contributed by atoms with Gasteiger partial charge in [0.25, 0.3) is 5.91 Å². The monoisotopic (exact) mass is 808 g/mol. The molecular weight excluding hydrogens is 757 g/mol. The van der Waals surface area contributed by atoms with Crippen LogP contribution in [-0.4, -0.2) is 86.1 Å². The summed E-state index contributed by atoms with van der Waals surface area (Å²) in [5, 5.41) is 11.7. The van der Waals surface area contributed by atoms with Gasteiger partial charge in [-0.15, -0.1) is 0 Å². The molecule has 1 amide bonds. The first-order valence-corrected chi connectivity index (χ1v) is 20.6. The number of carbonyl (C=O) groups is 2. The largest absolute Gasteiger partial charge is 0.478 e. The fourth-order valence-corrected chi connectivity index (χ4v) is 9.54. The fraction of sp³-hybridized carbons (Fsp3) is 0.348. The Labute approximate surface area is 347 Å². The quantitative estimate of drug-likeness (QED) is 0.147. The Balaban J connectivity index is 0.000000160. The van der Waals surface area contributed by atoms with E-state index in [2.05, 4.69) is 64.7 Å². The molecule has 0 aliphatic carbocycles. The third-order valence-electron chi connectivity index (χ3n) is 11.6. The SMILES string of the molecule is CN.CONC(=O)c1cc2c(N3C[C@H](C)C[C@H](C)C3)ccnc2n2c1nc1ccccc12.C[C@@H]1C[C@H](C)CN(c2ccnc3c2cc(C(=O)O)c2nc4ccccc4n23)C1. The highest BCUT2D eigenvalue weighted by Crippen LogP contribution is 2.36. The van der Waals surface area contributed by atoms with Crippen molar-refractivity contribution in [2.45, 2.75) is 40.5 Å². The highest BCUT2D eigenvalue weighted by atomic mass is 16.6. The van der Waals surface area contributed by atoms with Crippen LogP contribution in [0.15, 0.2) is 85.2 Å². The molecule has 2 aliphatic heterocycles. The Morgan fingerprint density at radius 2 is 1.07 bits per heavy atom. The highest BCUT2D eigenvalue weighted by molar-refractivity contribution is 6.08. The van der Waals surface area contributed by atoms with Gasteiger partial charge in [-0.25, -0.2) is 30.2 Å². The summed E-state index contributed by atoms with van der Waals surface area (Å²) < 4.78 is 3.87. The number of rotatable bonds is 5. The van der Waals surface area contributed by atoms with Gasteiger partial charge in [0.15, 0.2) is 11.3 Å². The summed E-state index contributed by atoms with van der Waals surface area (Å²) in [6.45, 7) is 13.1. The molecule has 0 radical (unpaired) electrons. The van der Waals surface area contributed by atoms with Crippen LogP contribution in [0.1, 0.15) is 61.3 Å². The van der Waals surface area contributed by atoms with Gasteiger partial charge in [-0.05, 0) is 92.1 Å². The van der Waals surface area contributed by atoms with Gasteiger partial charge in [0, 0.05) is 60.7 Å². The third-order valence-corrected chi connectivity index (χ3v) is 11.6. The number of para-hydroxylation sites is 4. The van der Waals surface area contributed by atoms with Crippen molar-refractivity contribution in [3.05, 3.63) is 96.3 Å². The van der Waals surface area contributed by atoms with E-state index in [9.17, 15) is 14.7 Å². The van der Waals surface area contributed by atoms with Crippen molar-refractivity contribution in [3.8, 4) is 0 Å². The van der Waals surface area contributed by atoms with Gasteiger partial charge in [0.05, 0.1) is 34.7 Å². The molecule has 0 unspecified atom stereocenters. The van der Waals surface area contributed by atoms with Crippen molar-refractivity contribution in [2.24, 2.45) is 29.4 Å². The molecule has 14 heteroatoms. The van der Waals surface area contributed by atoms with E-state index in [1.807, 2.05) is 81.9 Å². The fourth-order valence-electron chi connectivity index (χ4n) is 9.54.